The molecule has 0 unspecified atom stereocenters. The smallest absolute Gasteiger partial charge is 0.0812 e. The lowest BCUT2D eigenvalue weighted by molar-refractivity contribution is 1.36. The highest BCUT2D eigenvalue weighted by atomic mass is 28.3. The van der Waals surface area contributed by atoms with Gasteiger partial charge in [-0.05, 0) is 19.4 Å². The van der Waals surface area contributed by atoms with Crippen LogP contribution in [0.1, 0.15) is 13.3 Å². The summed E-state index contributed by atoms with van der Waals surface area (Å²) in [7, 11) is -0.218. The van der Waals surface area contributed by atoms with E-state index in [0.29, 0.717) is 0 Å². The Morgan fingerprint density at radius 1 is 1.64 bits per heavy atom. The molecular formula is C10H15Si. The van der Waals surface area contributed by atoms with E-state index in [4.69, 9.17) is 0 Å². The fourth-order valence-electron chi connectivity index (χ4n) is 1.19. The van der Waals surface area contributed by atoms with E-state index in [0.717, 1.165) is 0 Å². The second kappa shape index (κ2) is 4.34. The van der Waals surface area contributed by atoms with Gasteiger partial charge in [0.2, 0.25) is 0 Å². The molecule has 0 aromatic rings. The Morgan fingerprint density at radius 2 is 2.45 bits per heavy atom. The Bertz CT molecular complexity index is 199. The fourth-order valence-corrected chi connectivity index (χ4v) is 2.89. The van der Waals surface area contributed by atoms with Gasteiger partial charge in [0.05, 0.1) is 8.80 Å². The lowest BCUT2D eigenvalue weighted by atomic mass is 10.5. The third-order valence-electron chi connectivity index (χ3n) is 1.98. The molecule has 0 bridgehead atoms. The van der Waals surface area contributed by atoms with Crippen LogP contribution < -0.4 is 0 Å². The Balaban J connectivity index is 2.36. The van der Waals surface area contributed by atoms with E-state index in [1.807, 2.05) is 0 Å². The molecule has 0 nitrogen and oxygen atoms in total. The van der Waals surface area contributed by atoms with E-state index in [1.165, 1.54) is 12.5 Å². The zero-order valence-corrected chi connectivity index (χ0v) is 8.30. The molecule has 0 fully saturated rings. The number of rotatable bonds is 3. The molecule has 0 aromatic carbocycles. The minimum absolute atomic E-state index is 0.218. The van der Waals surface area contributed by atoms with Crippen LogP contribution in [-0.2, 0) is 0 Å². The third-order valence-corrected chi connectivity index (χ3v) is 4.29. The maximum atomic E-state index is 2.39. The zero-order valence-electron chi connectivity index (χ0n) is 7.30. The van der Waals surface area contributed by atoms with E-state index < -0.39 is 0 Å². The van der Waals surface area contributed by atoms with Crippen LogP contribution in [0.2, 0.25) is 12.6 Å². The molecule has 59 valence electrons. The number of allylic oxidation sites excluding steroid dienone is 6. The summed E-state index contributed by atoms with van der Waals surface area (Å²) in [4.78, 5) is 0. The van der Waals surface area contributed by atoms with E-state index in [-0.39, 0.29) is 8.80 Å². The first kappa shape index (κ1) is 8.53. The average molecular weight is 163 g/mol. The van der Waals surface area contributed by atoms with E-state index in [9.17, 15) is 0 Å². The van der Waals surface area contributed by atoms with Gasteiger partial charge in [0.1, 0.15) is 0 Å². The van der Waals surface area contributed by atoms with Gasteiger partial charge in [0.15, 0.2) is 0 Å². The molecule has 0 saturated heterocycles. The lowest BCUT2D eigenvalue weighted by Gasteiger charge is -2.06. The largest absolute Gasteiger partial charge is 0.0919 e. The molecule has 1 radical (unpaired) electrons. The van der Waals surface area contributed by atoms with Gasteiger partial charge in [0, 0.05) is 0 Å². The molecule has 0 aliphatic heterocycles. The summed E-state index contributed by atoms with van der Waals surface area (Å²) >= 11 is 0. The molecule has 0 amide bonds. The van der Waals surface area contributed by atoms with Crippen molar-refractivity contribution in [2.45, 2.75) is 25.9 Å². The Morgan fingerprint density at radius 3 is 3.00 bits per heavy atom. The van der Waals surface area contributed by atoms with Crippen LogP contribution in [0, 0.1) is 0 Å². The molecule has 1 heteroatoms. The summed E-state index contributed by atoms with van der Waals surface area (Å²) in [5.41, 5.74) is 0. The Kier molecular flexibility index (Phi) is 3.37. The molecule has 1 rings (SSSR count). The van der Waals surface area contributed by atoms with Crippen molar-refractivity contribution in [3.05, 3.63) is 35.6 Å². The van der Waals surface area contributed by atoms with Gasteiger partial charge in [0.25, 0.3) is 0 Å². The van der Waals surface area contributed by atoms with Crippen LogP contribution in [-0.4, -0.2) is 8.80 Å². The molecule has 0 heterocycles. The van der Waals surface area contributed by atoms with Gasteiger partial charge >= 0.3 is 0 Å². The summed E-state index contributed by atoms with van der Waals surface area (Å²) in [6.45, 7) is 4.49. The lowest BCUT2D eigenvalue weighted by Crippen LogP contribution is -2.08. The maximum absolute atomic E-state index is 2.39. The van der Waals surface area contributed by atoms with Crippen LogP contribution in [0.5, 0.6) is 0 Å². The predicted octanol–water partition coefficient (Wildman–Crippen LogP) is 3.11. The average Bonchev–Trinajstić information content (AvgIpc) is 2.52. The van der Waals surface area contributed by atoms with Crippen LogP contribution >= 0.6 is 0 Å². The molecule has 11 heavy (non-hydrogen) atoms. The van der Waals surface area contributed by atoms with Gasteiger partial charge in [-0.15, -0.1) is 0 Å². The first-order valence-electron chi connectivity index (χ1n) is 4.14. The van der Waals surface area contributed by atoms with Crippen LogP contribution in [0.15, 0.2) is 35.6 Å². The summed E-state index contributed by atoms with van der Waals surface area (Å²) in [5, 5.41) is 1.67. The Labute approximate surface area is 70.9 Å². The highest BCUT2D eigenvalue weighted by molar-refractivity contribution is 6.66. The van der Waals surface area contributed by atoms with E-state index in [1.54, 1.807) is 5.20 Å². The molecule has 1 aliphatic rings. The van der Waals surface area contributed by atoms with Gasteiger partial charge < -0.3 is 0 Å². The van der Waals surface area contributed by atoms with E-state index in [2.05, 4.69) is 43.9 Å². The van der Waals surface area contributed by atoms with E-state index >= 15 is 0 Å². The van der Waals surface area contributed by atoms with Crippen LogP contribution in [0.4, 0.5) is 0 Å². The molecule has 0 spiro atoms. The molecule has 0 aromatic heterocycles. The second-order valence-electron chi connectivity index (χ2n) is 2.88. The van der Waals surface area contributed by atoms with Gasteiger partial charge in [-0.25, -0.2) is 0 Å². The van der Waals surface area contributed by atoms with Crippen LogP contribution in [0.3, 0.4) is 0 Å². The summed E-state index contributed by atoms with van der Waals surface area (Å²) < 4.78 is 0. The quantitative estimate of drug-likeness (QED) is 0.443. The number of hydrogen-bond donors (Lipinski definition) is 0. The molecule has 1 aliphatic carbocycles. The molecule has 0 saturated carbocycles. The summed E-state index contributed by atoms with van der Waals surface area (Å²) in [5.74, 6) is 0. The fraction of sp³-hybridized carbons (Fsp3) is 0.400. The first-order valence-corrected chi connectivity index (χ1v) is 6.35. The maximum Gasteiger partial charge on any atom is 0.0812 e. The second-order valence-corrected chi connectivity index (χ2v) is 5.49. The highest BCUT2D eigenvalue weighted by Gasteiger charge is 2.08. The standard InChI is InChI=1S/C10H15Si/c1-3-4-9-11(2)10-7-5-6-8-10/h3-7H,8-9H2,1-2H3/b4-3+. The van der Waals surface area contributed by atoms with Crippen molar-refractivity contribution in [2.24, 2.45) is 0 Å². The predicted molar refractivity (Wildman–Crippen MR) is 53.1 cm³/mol. The van der Waals surface area contributed by atoms with Crippen molar-refractivity contribution in [1.29, 1.82) is 0 Å². The Hall–Kier alpha value is -0.563. The topological polar surface area (TPSA) is 0 Å². The normalized spacial score (nSPS) is 16.8. The third kappa shape index (κ3) is 2.50. The molecular weight excluding hydrogens is 148 g/mol. The van der Waals surface area contributed by atoms with Crippen LogP contribution in [0.25, 0.3) is 0 Å². The molecule has 0 N–H and O–H groups in total. The highest BCUT2D eigenvalue weighted by Crippen LogP contribution is 2.16. The number of hydrogen-bond acceptors (Lipinski definition) is 0. The van der Waals surface area contributed by atoms with Crippen molar-refractivity contribution in [2.75, 3.05) is 0 Å². The van der Waals surface area contributed by atoms with Gasteiger partial charge in [-0.3, -0.25) is 0 Å². The SMILES string of the molecule is C/C=C/C[Si](C)C1=CC=CC1. The minimum Gasteiger partial charge on any atom is -0.0919 e. The summed E-state index contributed by atoms with van der Waals surface area (Å²) in [6.07, 6.45) is 12.4. The van der Waals surface area contributed by atoms with Crippen molar-refractivity contribution in [3.63, 3.8) is 0 Å². The molecule has 0 atom stereocenters. The van der Waals surface area contributed by atoms with Gasteiger partial charge in [-0.2, -0.15) is 0 Å². The minimum atomic E-state index is -0.218. The summed E-state index contributed by atoms with van der Waals surface area (Å²) in [6, 6.07) is 1.29. The van der Waals surface area contributed by atoms with Crippen molar-refractivity contribution < 1.29 is 0 Å². The van der Waals surface area contributed by atoms with Crippen molar-refractivity contribution in [1.82, 2.24) is 0 Å². The first-order chi connectivity index (χ1) is 5.34. The van der Waals surface area contributed by atoms with Gasteiger partial charge in [-0.1, -0.05) is 42.1 Å². The van der Waals surface area contributed by atoms with Crippen molar-refractivity contribution in [3.8, 4) is 0 Å². The zero-order chi connectivity index (χ0) is 8.10. The monoisotopic (exact) mass is 163 g/mol. The van der Waals surface area contributed by atoms with Crippen molar-refractivity contribution >= 4 is 8.80 Å².